The highest BCUT2D eigenvalue weighted by Gasteiger charge is 2.13. The molecule has 2 rings (SSSR count). The van der Waals surface area contributed by atoms with Gasteiger partial charge in [-0.3, -0.25) is 9.97 Å². The van der Waals surface area contributed by atoms with Gasteiger partial charge in [0.15, 0.2) is 0 Å². The van der Waals surface area contributed by atoms with Crippen LogP contribution in [0.1, 0.15) is 24.2 Å². The summed E-state index contributed by atoms with van der Waals surface area (Å²) >= 11 is 0. The summed E-state index contributed by atoms with van der Waals surface area (Å²) in [5.41, 5.74) is 2.01. The molecular formula is C14H17N3O. The number of nitrogens with one attached hydrogen (secondary N) is 1. The van der Waals surface area contributed by atoms with Gasteiger partial charge in [-0.05, 0) is 31.7 Å². The van der Waals surface area contributed by atoms with E-state index in [1.54, 1.807) is 18.6 Å². The lowest BCUT2D eigenvalue weighted by atomic mass is 10.0. The number of benzene rings is 1. The van der Waals surface area contributed by atoms with Gasteiger partial charge in [0.1, 0.15) is 5.75 Å². The molecule has 1 N–H and O–H groups in total. The van der Waals surface area contributed by atoms with Crippen LogP contribution in [0.5, 0.6) is 5.75 Å². The summed E-state index contributed by atoms with van der Waals surface area (Å²) in [6, 6.07) is 8.05. The van der Waals surface area contributed by atoms with Crippen molar-refractivity contribution in [1.82, 2.24) is 15.3 Å². The average molecular weight is 243 g/mol. The van der Waals surface area contributed by atoms with Crippen molar-refractivity contribution in [3.05, 3.63) is 54.1 Å². The van der Waals surface area contributed by atoms with Crippen molar-refractivity contribution in [2.75, 3.05) is 13.7 Å². The topological polar surface area (TPSA) is 47.0 Å². The molecule has 2 aromatic rings. The van der Waals surface area contributed by atoms with E-state index >= 15 is 0 Å². The van der Waals surface area contributed by atoms with Crippen LogP contribution in [0.4, 0.5) is 0 Å². The van der Waals surface area contributed by atoms with Crippen LogP contribution in [-0.4, -0.2) is 23.6 Å². The summed E-state index contributed by atoms with van der Waals surface area (Å²) in [7, 11) is 1.91. The SMILES string of the molecule is CCOc1cccc(C(NC)c2cnccn2)c1. The number of aromatic nitrogens is 2. The first-order chi connectivity index (χ1) is 8.85. The summed E-state index contributed by atoms with van der Waals surface area (Å²) in [4.78, 5) is 8.44. The standard InChI is InChI=1S/C14H17N3O/c1-3-18-12-6-4-5-11(9-12)14(15-2)13-10-16-7-8-17-13/h4-10,14-15H,3H2,1-2H3. The van der Waals surface area contributed by atoms with Crippen molar-refractivity contribution in [2.45, 2.75) is 13.0 Å². The monoisotopic (exact) mass is 243 g/mol. The molecule has 0 fully saturated rings. The molecule has 0 aliphatic rings. The zero-order chi connectivity index (χ0) is 12.8. The lowest BCUT2D eigenvalue weighted by Gasteiger charge is -2.16. The second-order valence-corrected chi connectivity index (χ2v) is 3.86. The van der Waals surface area contributed by atoms with Gasteiger partial charge in [-0.2, -0.15) is 0 Å². The zero-order valence-corrected chi connectivity index (χ0v) is 10.6. The summed E-state index contributed by atoms with van der Waals surface area (Å²) in [5, 5.41) is 3.25. The number of hydrogen-bond donors (Lipinski definition) is 1. The Kier molecular flexibility index (Phi) is 4.25. The van der Waals surface area contributed by atoms with E-state index in [0.29, 0.717) is 6.61 Å². The van der Waals surface area contributed by atoms with Crippen LogP contribution in [0.25, 0.3) is 0 Å². The molecule has 0 aliphatic heterocycles. The molecule has 1 aromatic carbocycles. The summed E-state index contributed by atoms with van der Waals surface area (Å²) in [6.45, 7) is 2.64. The van der Waals surface area contributed by atoms with Gasteiger partial charge in [-0.25, -0.2) is 0 Å². The third-order valence-electron chi connectivity index (χ3n) is 2.67. The third kappa shape index (κ3) is 2.84. The molecule has 0 saturated carbocycles. The Balaban J connectivity index is 2.30. The molecule has 18 heavy (non-hydrogen) atoms. The van der Waals surface area contributed by atoms with E-state index < -0.39 is 0 Å². The molecule has 1 atom stereocenters. The molecule has 1 aromatic heterocycles. The Bertz CT molecular complexity index is 487. The summed E-state index contributed by atoms with van der Waals surface area (Å²) in [5.74, 6) is 0.874. The predicted molar refractivity (Wildman–Crippen MR) is 70.5 cm³/mol. The van der Waals surface area contributed by atoms with Crippen LogP contribution >= 0.6 is 0 Å². The summed E-state index contributed by atoms with van der Waals surface area (Å²) in [6.07, 6.45) is 5.15. The molecule has 0 bridgehead atoms. The fourth-order valence-electron chi connectivity index (χ4n) is 1.90. The molecule has 0 amide bonds. The van der Waals surface area contributed by atoms with Gasteiger partial charge in [-0.1, -0.05) is 12.1 Å². The largest absolute Gasteiger partial charge is 0.494 e. The van der Waals surface area contributed by atoms with Gasteiger partial charge in [0.2, 0.25) is 0 Å². The van der Waals surface area contributed by atoms with Gasteiger partial charge in [0.05, 0.1) is 24.5 Å². The van der Waals surface area contributed by atoms with Gasteiger partial charge in [-0.15, -0.1) is 0 Å². The van der Waals surface area contributed by atoms with E-state index in [1.807, 2.05) is 32.2 Å². The van der Waals surface area contributed by atoms with Crippen LogP contribution in [0.2, 0.25) is 0 Å². The highest BCUT2D eigenvalue weighted by atomic mass is 16.5. The summed E-state index contributed by atoms with van der Waals surface area (Å²) < 4.78 is 5.51. The maximum absolute atomic E-state index is 5.51. The maximum Gasteiger partial charge on any atom is 0.119 e. The minimum atomic E-state index is 0.0270. The second-order valence-electron chi connectivity index (χ2n) is 3.86. The normalized spacial score (nSPS) is 12.1. The fraction of sp³-hybridized carbons (Fsp3) is 0.286. The molecule has 0 radical (unpaired) electrons. The Hall–Kier alpha value is -1.94. The van der Waals surface area contributed by atoms with E-state index in [-0.39, 0.29) is 6.04 Å². The van der Waals surface area contributed by atoms with Crippen LogP contribution in [-0.2, 0) is 0 Å². The smallest absolute Gasteiger partial charge is 0.119 e. The third-order valence-corrected chi connectivity index (χ3v) is 2.67. The Morgan fingerprint density at radius 3 is 2.89 bits per heavy atom. The van der Waals surface area contributed by atoms with Gasteiger partial charge >= 0.3 is 0 Å². The number of nitrogens with zero attached hydrogens (tertiary/aromatic N) is 2. The molecule has 94 valence electrons. The van der Waals surface area contributed by atoms with Crippen molar-refractivity contribution in [1.29, 1.82) is 0 Å². The van der Waals surface area contributed by atoms with Crippen LogP contribution < -0.4 is 10.1 Å². The lowest BCUT2D eigenvalue weighted by molar-refractivity contribution is 0.339. The maximum atomic E-state index is 5.51. The molecule has 1 unspecified atom stereocenters. The van der Waals surface area contributed by atoms with Crippen molar-refractivity contribution < 1.29 is 4.74 Å². The molecule has 0 spiro atoms. The minimum absolute atomic E-state index is 0.0270. The van der Waals surface area contributed by atoms with Crippen LogP contribution in [0.3, 0.4) is 0 Å². The van der Waals surface area contributed by atoms with E-state index in [9.17, 15) is 0 Å². The molecule has 0 saturated heterocycles. The fourth-order valence-corrected chi connectivity index (χ4v) is 1.90. The van der Waals surface area contributed by atoms with E-state index in [4.69, 9.17) is 4.74 Å². The van der Waals surface area contributed by atoms with Gasteiger partial charge in [0.25, 0.3) is 0 Å². The van der Waals surface area contributed by atoms with Crippen molar-refractivity contribution in [3.63, 3.8) is 0 Å². The second kappa shape index (κ2) is 6.12. The Morgan fingerprint density at radius 1 is 1.33 bits per heavy atom. The number of hydrogen-bond acceptors (Lipinski definition) is 4. The van der Waals surface area contributed by atoms with Gasteiger partial charge < -0.3 is 10.1 Å². The molecule has 4 nitrogen and oxygen atoms in total. The quantitative estimate of drug-likeness (QED) is 0.874. The molecular weight excluding hydrogens is 226 g/mol. The Morgan fingerprint density at radius 2 is 2.22 bits per heavy atom. The van der Waals surface area contributed by atoms with Crippen molar-refractivity contribution >= 4 is 0 Å². The van der Waals surface area contributed by atoms with Crippen LogP contribution in [0.15, 0.2) is 42.9 Å². The minimum Gasteiger partial charge on any atom is -0.494 e. The van der Waals surface area contributed by atoms with Crippen LogP contribution in [0, 0.1) is 0 Å². The predicted octanol–water partition coefficient (Wildman–Crippen LogP) is 2.18. The zero-order valence-electron chi connectivity index (χ0n) is 10.6. The molecule has 1 heterocycles. The highest BCUT2D eigenvalue weighted by Crippen LogP contribution is 2.23. The lowest BCUT2D eigenvalue weighted by Crippen LogP contribution is -2.19. The first kappa shape index (κ1) is 12.5. The van der Waals surface area contributed by atoms with E-state index in [0.717, 1.165) is 17.0 Å². The number of ether oxygens (including phenoxy) is 1. The highest BCUT2D eigenvalue weighted by molar-refractivity contribution is 5.34. The van der Waals surface area contributed by atoms with E-state index in [2.05, 4.69) is 21.4 Å². The van der Waals surface area contributed by atoms with E-state index in [1.165, 1.54) is 0 Å². The van der Waals surface area contributed by atoms with Gasteiger partial charge in [0, 0.05) is 12.4 Å². The Labute approximate surface area is 107 Å². The van der Waals surface area contributed by atoms with Crippen molar-refractivity contribution in [2.24, 2.45) is 0 Å². The molecule has 0 aliphatic carbocycles. The average Bonchev–Trinajstić information content (AvgIpc) is 2.42. The first-order valence-electron chi connectivity index (χ1n) is 6.01. The first-order valence-corrected chi connectivity index (χ1v) is 6.01. The number of rotatable bonds is 5. The van der Waals surface area contributed by atoms with Crippen molar-refractivity contribution in [3.8, 4) is 5.75 Å². The molecule has 4 heteroatoms.